The summed E-state index contributed by atoms with van der Waals surface area (Å²) in [7, 11) is 1.50. The minimum absolute atomic E-state index is 0.146. The number of methoxy groups -OCH3 is 1. The third-order valence-electron chi connectivity index (χ3n) is 5.88. The number of ether oxygens (including phenoxy) is 1. The van der Waals surface area contributed by atoms with Gasteiger partial charge in [0.05, 0.1) is 18.8 Å². The first-order valence-electron chi connectivity index (χ1n) is 8.72. The Balaban J connectivity index is 1.85. The van der Waals surface area contributed by atoms with Crippen LogP contribution in [-0.2, 0) is 24.7 Å². The van der Waals surface area contributed by atoms with Crippen molar-refractivity contribution < 1.29 is 29.5 Å². The van der Waals surface area contributed by atoms with Crippen molar-refractivity contribution >= 4 is 23.4 Å². The first-order valence-corrected chi connectivity index (χ1v) is 8.72. The summed E-state index contributed by atoms with van der Waals surface area (Å²) < 4.78 is 5.01. The zero-order chi connectivity index (χ0) is 18.6. The average Bonchev–Trinajstić information content (AvgIpc) is 3.20. The highest BCUT2D eigenvalue weighted by Crippen LogP contribution is 2.49. The topological polar surface area (TPSA) is 113 Å². The second-order valence-electron chi connectivity index (χ2n) is 7.18. The summed E-state index contributed by atoms with van der Waals surface area (Å²) in [6.45, 7) is 1.97. The fourth-order valence-corrected chi connectivity index (χ4v) is 4.75. The number of nitrogens with zero attached hydrogens (tertiary/aromatic N) is 1. The number of benzene rings is 1. The normalized spacial score (nSPS) is 33.6. The first-order chi connectivity index (χ1) is 12.4. The van der Waals surface area contributed by atoms with Gasteiger partial charge in [-0.1, -0.05) is 18.2 Å². The molecular weight excluding hydrogens is 338 g/mol. The molecule has 0 aromatic heterocycles. The number of aliphatic hydroxyl groups is 1. The van der Waals surface area contributed by atoms with E-state index < -0.39 is 29.5 Å². The molecule has 0 aliphatic carbocycles. The van der Waals surface area contributed by atoms with Gasteiger partial charge in [-0.15, -0.1) is 0 Å². The summed E-state index contributed by atoms with van der Waals surface area (Å²) in [6, 6.07) is 6.64. The van der Waals surface area contributed by atoms with Gasteiger partial charge in [0, 0.05) is 12.7 Å². The minimum atomic E-state index is -1.22. The van der Waals surface area contributed by atoms with Crippen LogP contribution in [0.15, 0.2) is 24.3 Å². The van der Waals surface area contributed by atoms with Crippen molar-refractivity contribution in [2.24, 2.45) is 11.8 Å². The van der Waals surface area contributed by atoms with E-state index >= 15 is 0 Å². The first kappa shape index (κ1) is 17.1. The molecule has 0 bridgehead atoms. The fraction of sp³-hybridized carbons (Fsp3) is 0.500. The summed E-state index contributed by atoms with van der Waals surface area (Å²) in [5.41, 5.74) is 0.115. The number of carbonyl (C=O) groups is 3. The van der Waals surface area contributed by atoms with Crippen LogP contribution < -0.4 is 10.6 Å². The van der Waals surface area contributed by atoms with E-state index in [0.29, 0.717) is 11.3 Å². The van der Waals surface area contributed by atoms with Crippen LogP contribution in [-0.4, -0.2) is 60.1 Å². The number of hydrogen-bond acceptors (Lipinski definition) is 5. The van der Waals surface area contributed by atoms with Crippen LogP contribution in [0.25, 0.3) is 0 Å². The summed E-state index contributed by atoms with van der Waals surface area (Å²) in [6.07, 6.45) is -0.846. The average molecular weight is 360 g/mol. The molecule has 3 aliphatic rings. The van der Waals surface area contributed by atoms with Crippen molar-refractivity contribution in [1.82, 2.24) is 4.90 Å². The Labute approximate surface area is 150 Å². The number of para-hydroxylation sites is 1. The number of hydrogen-bond donors (Lipinski definition) is 3. The lowest BCUT2D eigenvalue weighted by molar-refractivity contribution is -0.738. The lowest BCUT2D eigenvalue weighted by atomic mass is 9.76. The standard InChI is InChI=1S/C18H21N3O5/c1-9(22)14-12-13(16(24)21(15(12)23)7-8-26-2)18(20-14)10-5-3-4-6-11(10)19-17(18)25/h3-6,9,12-14,20,22H,7-8H2,1-2H3,(H,19,25)/p+1/t9-,12+,13+,14-,18+/m1/s1. The van der Waals surface area contributed by atoms with Crippen molar-refractivity contribution in [3.8, 4) is 0 Å². The zero-order valence-corrected chi connectivity index (χ0v) is 14.6. The number of nitrogens with one attached hydrogen (secondary N) is 1. The summed E-state index contributed by atoms with van der Waals surface area (Å²) in [5.74, 6) is -2.60. The van der Waals surface area contributed by atoms with Crippen molar-refractivity contribution in [2.75, 3.05) is 25.6 Å². The van der Waals surface area contributed by atoms with Gasteiger partial charge >= 0.3 is 0 Å². The van der Waals surface area contributed by atoms with Gasteiger partial charge in [0.25, 0.3) is 5.91 Å². The molecule has 0 radical (unpaired) electrons. The number of likely N-dealkylation sites (tertiary alicyclic amines) is 1. The molecule has 0 saturated carbocycles. The summed E-state index contributed by atoms with van der Waals surface area (Å²) >= 11 is 0. The lowest BCUT2D eigenvalue weighted by Crippen LogP contribution is -3.00. The van der Waals surface area contributed by atoms with Crippen molar-refractivity contribution in [3.63, 3.8) is 0 Å². The number of quaternary nitrogens is 1. The Morgan fingerprint density at radius 2 is 2.04 bits per heavy atom. The van der Waals surface area contributed by atoms with Gasteiger partial charge in [0.2, 0.25) is 17.4 Å². The Morgan fingerprint density at radius 3 is 2.73 bits per heavy atom. The molecule has 4 N–H and O–H groups in total. The van der Waals surface area contributed by atoms with E-state index in [-0.39, 0.29) is 30.9 Å². The molecule has 1 aromatic rings. The quantitative estimate of drug-likeness (QED) is 0.561. The van der Waals surface area contributed by atoms with Crippen LogP contribution >= 0.6 is 0 Å². The number of fused-ring (bicyclic) bond motifs is 4. The number of aliphatic hydroxyl groups excluding tert-OH is 1. The molecule has 4 rings (SSSR count). The number of carbonyl (C=O) groups excluding carboxylic acids is 3. The molecular formula is C18H22N3O5+. The van der Waals surface area contributed by atoms with E-state index in [2.05, 4.69) is 5.32 Å². The van der Waals surface area contributed by atoms with Crippen LogP contribution in [0.3, 0.4) is 0 Å². The van der Waals surface area contributed by atoms with Gasteiger partial charge in [-0.2, -0.15) is 0 Å². The minimum Gasteiger partial charge on any atom is -0.387 e. The molecule has 3 amide bonds. The van der Waals surface area contributed by atoms with E-state index in [4.69, 9.17) is 4.74 Å². The third kappa shape index (κ3) is 2.03. The van der Waals surface area contributed by atoms with E-state index in [9.17, 15) is 19.5 Å². The molecule has 8 nitrogen and oxygen atoms in total. The van der Waals surface area contributed by atoms with Gasteiger partial charge in [-0.3, -0.25) is 19.3 Å². The Kier molecular flexibility index (Phi) is 3.87. The van der Waals surface area contributed by atoms with E-state index in [1.54, 1.807) is 24.4 Å². The maximum atomic E-state index is 13.2. The molecule has 2 fully saturated rings. The van der Waals surface area contributed by atoms with Gasteiger partial charge in [-0.25, -0.2) is 0 Å². The highest BCUT2D eigenvalue weighted by atomic mass is 16.5. The Bertz CT molecular complexity index is 795. The molecule has 26 heavy (non-hydrogen) atoms. The molecule has 1 aromatic carbocycles. The van der Waals surface area contributed by atoms with Crippen molar-refractivity contribution in [3.05, 3.63) is 29.8 Å². The molecule has 138 valence electrons. The number of anilines is 1. The molecule has 0 unspecified atom stereocenters. The van der Waals surface area contributed by atoms with Gasteiger partial charge in [0.1, 0.15) is 24.0 Å². The maximum absolute atomic E-state index is 13.2. The molecule has 8 heteroatoms. The predicted molar refractivity (Wildman–Crippen MR) is 89.7 cm³/mol. The molecule has 3 heterocycles. The second-order valence-corrected chi connectivity index (χ2v) is 7.18. The van der Waals surface area contributed by atoms with Gasteiger partial charge < -0.3 is 20.5 Å². The largest absolute Gasteiger partial charge is 0.387 e. The summed E-state index contributed by atoms with van der Waals surface area (Å²) in [4.78, 5) is 40.3. The van der Waals surface area contributed by atoms with Gasteiger partial charge in [0.15, 0.2) is 0 Å². The van der Waals surface area contributed by atoms with Crippen LogP contribution in [0, 0.1) is 11.8 Å². The monoisotopic (exact) mass is 360 g/mol. The van der Waals surface area contributed by atoms with E-state index in [1.807, 2.05) is 12.1 Å². The number of rotatable bonds is 4. The number of amides is 3. The predicted octanol–water partition coefficient (Wildman–Crippen LogP) is -1.59. The van der Waals surface area contributed by atoms with E-state index in [1.165, 1.54) is 12.0 Å². The Hall–Kier alpha value is -2.29. The van der Waals surface area contributed by atoms with Crippen LogP contribution in [0.4, 0.5) is 5.69 Å². The smallest absolute Gasteiger partial charge is 0.291 e. The van der Waals surface area contributed by atoms with Crippen molar-refractivity contribution in [1.29, 1.82) is 0 Å². The Morgan fingerprint density at radius 1 is 1.31 bits per heavy atom. The molecule has 2 saturated heterocycles. The van der Waals surface area contributed by atoms with E-state index in [0.717, 1.165) is 0 Å². The number of imide groups is 1. The lowest BCUT2D eigenvalue weighted by Gasteiger charge is -2.26. The van der Waals surface area contributed by atoms with Crippen LogP contribution in [0.1, 0.15) is 12.5 Å². The van der Waals surface area contributed by atoms with Crippen LogP contribution in [0.5, 0.6) is 0 Å². The SMILES string of the molecule is COCCN1C(=O)[C@@H]2[C@@H]([C@@H](C)O)[NH2+][C@]3(C(=O)Nc4ccccc43)[C@@H]2C1=O. The molecule has 1 spiro atoms. The maximum Gasteiger partial charge on any atom is 0.291 e. The highest BCUT2D eigenvalue weighted by Gasteiger charge is 2.74. The zero-order valence-electron chi connectivity index (χ0n) is 14.6. The highest BCUT2D eigenvalue weighted by molar-refractivity contribution is 6.13. The molecule has 5 atom stereocenters. The fourth-order valence-electron chi connectivity index (χ4n) is 4.75. The second kappa shape index (κ2) is 5.87. The summed E-state index contributed by atoms with van der Waals surface area (Å²) in [5, 5.41) is 14.8. The third-order valence-corrected chi connectivity index (χ3v) is 5.88. The van der Waals surface area contributed by atoms with Gasteiger partial charge in [-0.05, 0) is 13.0 Å². The van der Waals surface area contributed by atoms with Crippen LogP contribution in [0.2, 0.25) is 0 Å². The van der Waals surface area contributed by atoms with Crippen molar-refractivity contribution in [2.45, 2.75) is 24.6 Å². The molecule has 3 aliphatic heterocycles. The number of nitrogens with two attached hydrogens (primary N) is 1.